The minimum absolute atomic E-state index is 0.0751. The number of para-hydroxylation sites is 1. The summed E-state index contributed by atoms with van der Waals surface area (Å²) in [7, 11) is 0. The van der Waals surface area contributed by atoms with Crippen molar-refractivity contribution in [3.8, 4) is 11.5 Å². The van der Waals surface area contributed by atoms with Crippen LogP contribution in [0.3, 0.4) is 0 Å². The quantitative estimate of drug-likeness (QED) is 0.420. The number of nitrogens with one attached hydrogen (secondary N) is 1. The summed E-state index contributed by atoms with van der Waals surface area (Å²) >= 11 is 0. The van der Waals surface area contributed by atoms with E-state index < -0.39 is 23.4 Å². The fraction of sp³-hybridized carbons (Fsp3) is 0.333. The van der Waals surface area contributed by atoms with Crippen LogP contribution in [0, 0.1) is 17.0 Å². The average molecular weight is 414 g/mol. The van der Waals surface area contributed by atoms with Gasteiger partial charge in [0.15, 0.2) is 24.7 Å². The lowest BCUT2D eigenvalue weighted by Gasteiger charge is -2.18. The van der Waals surface area contributed by atoms with Crippen LogP contribution in [0.15, 0.2) is 36.4 Å². The molecule has 0 atom stereocenters. The zero-order valence-corrected chi connectivity index (χ0v) is 16.9. The number of anilines is 1. The number of benzene rings is 2. The lowest BCUT2D eigenvalue weighted by atomic mass is 10.0. The van der Waals surface area contributed by atoms with Crippen molar-refractivity contribution in [3.05, 3.63) is 57.6 Å². The van der Waals surface area contributed by atoms with Crippen LogP contribution in [0.25, 0.3) is 0 Å². The Morgan fingerprint density at radius 3 is 2.70 bits per heavy atom. The normalized spacial score (nSPS) is 13.7. The summed E-state index contributed by atoms with van der Waals surface area (Å²) in [6, 6.07) is 9.52. The highest BCUT2D eigenvalue weighted by Crippen LogP contribution is 2.41. The van der Waals surface area contributed by atoms with Gasteiger partial charge in [0.05, 0.1) is 4.92 Å². The molecule has 0 bridgehead atoms. The van der Waals surface area contributed by atoms with Crippen LogP contribution < -0.4 is 14.8 Å². The van der Waals surface area contributed by atoms with Crippen molar-refractivity contribution < 1.29 is 28.7 Å². The number of carbonyl (C=O) groups excluding carboxylic acids is 2. The zero-order valence-electron chi connectivity index (χ0n) is 16.9. The van der Waals surface area contributed by atoms with Gasteiger partial charge in [0.25, 0.3) is 11.6 Å². The van der Waals surface area contributed by atoms with E-state index in [2.05, 4.69) is 5.32 Å². The predicted molar refractivity (Wildman–Crippen MR) is 108 cm³/mol. The first kappa shape index (κ1) is 21.1. The molecule has 1 aliphatic heterocycles. The Balaban J connectivity index is 1.48. The van der Waals surface area contributed by atoms with Crippen LogP contribution >= 0.6 is 0 Å². The Bertz CT molecular complexity index is 1000. The molecule has 0 saturated heterocycles. The summed E-state index contributed by atoms with van der Waals surface area (Å²) in [5.41, 5.74) is 1.51. The number of nitro benzene ring substituents is 1. The second-order valence-electron chi connectivity index (χ2n) is 7.54. The molecule has 0 radical (unpaired) electrons. The molecule has 1 aliphatic rings. The van der Waals surface area contributed by atoms with E-state index in [-0.39, 0.29) is 17.9 Å². The smallest absolute Gasteiger partial charge is 0.344 e. The number of ether oxygens (including phenoxy) is 3. The Morgan fingerprint density at radius 2 is 2.00 bits per heavy atom. The monoisotopic (exact) mass is 414 g/mol. The van der Waals surface area contributed by atoms with Crippen LogP contribution in [-0.4, -0.2) is 35.6 Å². The van der Waals surface area contributed by atoms with E-state index in [1.807, 2.05) is 26.0 Å². The number of hydrogen-bond donors (Lipinski definition) is 1. The Hall–Kier alpha value is -3.62. The molecule has 0 saturated carbocycles. The molecule has 1 amide bonds. The van der Waals surface area contributed by atoms with Crippen LogP contribution in [0.4, 0.5) is 11.4 Å². The van der Waals surface area contributed by atoms with Gasteiger partial charge < -0.3 is 19.5 Å². The molecule has 0 spiro atoms. The summed E-state index contributed by atoms with van der Waals surface area (Å²) in [5.74, 6) is -0.214. The first-order valence-corrected chi connectivity index (χ1v) is 9.29. The molecule has 3 rings (SSSR count). The second-order valence-corrected chi connectivity index (χ2v) is 7.54. The number of fused-ring (bicyclic) bond motifs is 1. The van der Waals surface area contributed by atoms with E-state index in [1.54, 1.807) is 13.0 Å². The van der Waals surface area contributed by atoms with E-state index in [1.165, 1.54) is 18.2 Å². The van der Waals surface area contributed by atoms with Crippen molar-refractivity contribution in [1.82, 2.24) is 0 Å². The molecule has 0 unspecified atom stereocenters. The number of nitro groups is 1. The van der Waals surface area contributed by atoms with E-state index >= 15 is 0 Å². The number of amides is 1. The Labute approximate surface area is 173 Å². The molecular formula is C21H22N2O7. The second kappa shape index (κ2) is 8.40. The highest BCUT2D eigenvalue weighted by Gasteiger charge is 2.32. The van der Waals surface area contributed by atoms with E-state index in [0.717, 1.165) is 12.0 Å². The van der Waals surface area contributed by atoms with Gasteiger partial charge in [-0.25, -0.2) is 4.79 Å². The van der Waals surface area contributed by atoms with Crippen molar-refractivity contribution in [3.63, 3.8) is 0 Å². The largest absolute Gasteiger partial charge is 0.483 e. The molecule has 2 aromatic carbocycles. The fourth-order valence-electron chi connectivity index (χ4n) is 3.11. The summed E-state index contributed by atoms with van der Waals surface area (Å²) in [5, 5.41) is 13.3. The third-order valence-electron chi connectivity index (χ3n) is 4.46. The van der Waals surface area contributed by atoms with Crippen molar-refractivity contribution in [2.45, 2.75) is 32.8 Å². The molecule has 2 aromatic rings. The summed E-state index contributed by atoms with van der Waals surface area (Å²) in [6.45, 7) is 4.69. The lowest BCUT2D eigenvalue weighted by molar-refractivity contribution is -0.384. The maximum atomic E-state index is 12.0. The molecule has 1 heterocycles. The molecule has 1 N–H and O–H groups in total. The highest BCUT2D eigenvalue weighted by atomic mass is 16.6. The third-order valence-corrected chi connectivity index (χ3v) is 4.46. The lowest BCUT2D eigenvalue weighted by Crippen LogP contribution is -2.25. The average Bonchev–Trinajstić information content (AvgIpc) is 3.00. The number of rotatable bonds is 7. The van der Waals surface area contributed by atoms with Crippen molar-refractivity contribution in [2.75, 3.05) is 18.5 Å². The van der Waals surface area contributed by atoms with Crippen LogP contribution in [-0.2, 0) is 20.7 Å². The van der Waals surface area contributed by atoms with Crippen LogP contribution in [0.5, 0.6) is 11.5 Å². The number of hydrogen-bond acceptors (Lipinski definition) is 7. The number of nitrogens with zero attached hydrogens (tertiary/aromatic N) is 1. The predicted octanol–water partition coefficient (Wildman–Crippen LogP) is 3.18. The van der Waals surface area contributed by atoms with Gasteiger partial charge >= 0.3 is 5.97 Å². The molecule has 9 heteroatoms. The number of aryl methyl sites for hydroxylation is 1. The van der Waals surface area contributed by atoms with Crippen molar-refractivity contribution in [1.29, 1.82) is 0 Å². The van der Waals surface area contributed by atoms with Gasteiger partial charge in [-0.3, -0.25) is 14.9 Å². The topological polar surface area (TPSA) is 117 Å². The van der Waals surface area contributed by atoms with Gasteiger partial charge in [-0.15, -0.1) is 0 Å². The highest BCUT2D eigenvalue weighted by molar-refractivity contribution is 5.93. The summed E-state index contributed by atoms with van der Waals surface area (Å²) in [6.07, 6.45) is 0.742. The first-order valence-electron chi connectivity index (χ1n) is 9.29. The van der Waals surface area contributed by atoms with Crippen LogP contribution in [0.2, 0.25) is 0 Å². The van der Waals surface area contributed by atoms with Gasteiger partial charge in [0.1, 0.15) is 5.60 Å². The van der Waals surface area contributed by atoms with Gasteiger partial charge in [0, 0.05) is 29.8 Å². The van der Waals surface area contributed by atoms with E-state index in [9.17, 15) is 19.7 Å². The standard InChI is InChI=1S/C21H22N2O7/c1-13-9-15(23(26)27)7-8-16(13)22-18(24)11-29-19(25)12-28-17-6-4-5-14-10-21(2,3)30-20(14)17/h4-9H,10-12H2,1-3H3,(H,22,24). The first-order chi connectivity index (χ1) is 14.1. The fourth-order valence-corrected chi connectivity index (χ4v) is 3.11. The Kier molecular flexibility index (Phi) is 5.91. The Morgan fingerprint density at radius 1 is 1.23 bits per heavy atom. The third kappa shape index (κ3) is 5.05. The van der Waals surface area contributed by atoms with Gasteiger partial charge in [-0.05, 0) is 38.5 Å². The van der Waals surface area contributed by atoms with Crippen molar-refractivity contribution >= 4 is 23.3 Å². The van der Waals surface area contributed by atoms with E-state index in [0.29, 0.717) is 22.7 Å². The molecule has 0 aliphatic carbocycles. The number of non-ortho nitro benzene ring substituents is 1. The van der Waals surface area contributed by atoms with E-state index in [4.69, 9.17) is 14.2 Å². The molecule has 0 aromatic heterocycles. The molecule has 158 valence electrons. The van der Waals surface area contributed by atoms with Crippen LogP contribution in [0.1, 0.15) is 25.0 Å². The number of carbonyl (C=O) groups is 2. The molecular weight excluding hydrogens is 392 g/mol. The maximum Gasteiger partial charge on any atom is 0.344 e. The minimum Gasteiger partial charge on any atom is -0.483 e. The molecule has 30 heavy (non-hydrogen) atoms. The summed E-state index contributed by atoms with van der Waals surface area (Å²) < 4.78 is 16.3. The molecule has 0 fully saturated rings. The number of esters is 1. The maximum absolute atomic E-state index is 12.0. The van der Waals surface area contributed by atoms with Gasteiger partial charge in [0.2, 0.25) is 0 Å². The molecule has 9 nitrogen and oxygen atoms in total. The summed E-state index contributed by atoms with van der Waals surface area (Å²) in [4.78, 5) is 34.2. The van der Waals surface area contributed by atoms with Gasteiger partial charge in [-0.2, -0.15) is 0 Å². The van der Waals surface area contributed by atoms with Crippen molar-refractivity contribution in [2.24, 2.45) is 0 Å². The zero-order chi connectivity index (χ0) is 21.9. The SMILES string of the molecule is Cc1cc([N+](=O)[O-])ccc1NC(=O)COC(=O)COc1cccc2c1OC(C)(C)C2. The van der Waals surface area contributed by atoms with Gasteiger partial charge in [-0.1, -0.05) is 12.1 Å². The minimum atomic E-state index is -0.708.